The first kappa shape index (κ1) is 19.7. The number of halogens is 3. The Morgan fingerprint density at radius 1 is 1.07 bits per heavy atom. The Bertz CT molecular complexity index is 991. The van der Waals surface area contributed by atoms with Crippen LogP contribution in [0.5, 0.6) is 11.6 Å². The minimum absolute atomic E-state index is 0.183. The summed E-state index contributed by atoms with van der Waals surface area (Å²) in [7, 11) is 0. The summed E-state index contributed by atoms with van der Waals surface area (Å²) in [5.74, 6) is 0.612. The lowest BCUT2D eigenvalue weighted by Crippen LogP contribution is -2.04. The van der Waals surface area contributed by atoms with E-state index in [1.54, 1.807) is 30.5 Å². The zero-order valence-electron chi connectivity index (χ0n) is 14.6. The molecule has 9 heteroatoms. The molecular formula is C19H15F3N4OS. The highest BCUT2D eigenvalue weighted by Gasteiger charge is 2.30. The Morgan fingerprint density at radius 3 is 2.46 bits per heavy atom. The van der Waals surface area contributed by atoms with Gasteiger partial charge in [0.2, 0.25) is 5.88 Å². The second-order valence-electron chi connectivity index (χ2n) is 5.54. The molecule has 28 heavy (non-hydrogen) atoms. The molecule has 3 rings (SSSR count). The highest BCUT2D eigenvalue weighted by atomic mass is 32.2. The monoisotopic (exact) mass is 404 g/mol. The zero-order chi connectivity index (χ0) is 20.1. The van der Waals surface area contributed by atoms with Crippen molar-refractivity contribution in [2.45, 2.75) is 6.18 Å². The molecule has 5 nitrogen and oxygen atoms in total. The van der Waals surface area contributed by atoms with Crippen LogP contribution >= 0.6 is 11.8 Å². The summed E-state index contributed by atoms with van der Waals surface area (Å²) < 4.78 is 43.9. The SMILES string of the molecule is CSC(N)=Nc1ccccc1Oc1cncc(-c2ccc(C(F)(F)F)cc2)n1. The summed E-state index contributed by atoms with van der Waals surface area (Å²) in [5.41, 5.74) is 6.43. The molecule has 0 amide bonds. The van der Waals surface area contributed by atoms with Gasteiger partial charge in [0.1, 0.15) is 5.69 Å². The standard InChI is InChI=1S/C19H15F3N4OS/c1-28-18(23)26-14-4-2-3-5-16(14)27-17-11-24-10-15(25-17)12-6-8-13(9-7-12)19(20,21)22/h2-11H,1H3,(H2,23,26). The van der Waals surface area contributed by atoms with E-state index in [9.17, 15) is 13.2 Å². The highest BCUT2D eigenvalue weighted by molar-refractivity contribution is 8.13. The first-order valence-electron chi connectivity index (χ1n) is 8.01. The van der Waals surface area contributed by atoms with E-state index in [-0.39, 0.29) is 5.88 Å². The van der Waals surface area contributed by atoms with Crippen LogP contribution in [0.4, 0.5) is 18.9 Å². The number of nitrogens with two attached hydrogens (primary N) is 1. The number of hydrogen-bond acceptors (Lipinski definition) is 5. The molecule has 0 aliphatic rings. The molecule has 0 saturated heterocycles. The first-order chi connectivity index (χ1) is 13.4. The molecule has 0 saturated carbocycles. The fraction of sp³-hybridized carbons (Fsp3) is 0.105. The van der Waals surface area contributed by atoms with E-state index >= 15 is 0 Å². The maximum atomic E-state index is 12.7. The molecule has 1 aromatic heterocycles. The third kappa shape index (κ3) is 4.80. The van der Waals surface area contributed by atoms with Crippen LogP contribution in [0.3, 0.4) is 0 Å². The fourth-order valence-corrected chi connectivity index (χ4v) is 2.47. The molecule has 0 fully saturated rings. The third-order valence-corrected chi connectivity index (χ3v) is 4.15. The molecule has 2 aromatic carbocycles. The summed E-state index contributed by atoms with van der Waals surface area (Å²) in [6.45, 7) is 0. The van der Waals surface area contributed by atoms with Gasteiger partial charge >= 0.3 is 6.18 Å². The van der Waals surface area contributed by atoms with Gasteiger partial charge in [-0.25, -0.2) is 9.98 Å². The quantitative estimate of drug-likeness (QED) is 0.474. The molecule has 1 heterocycles. The number of amidine groups is 1. The van der Waals surface area contributed by atoms with Crippen LogP contribution < -0.4 is 10.5 Å². The van der Waals surface area contributed by atoms with Gasteiger partial charge in [-0.3, -0.25) is 4.98 Å². The van der Waals surface area contributed by atoms with Crippen LogP contribution in [0, 0.1) is 0 Å². The number of alkyl halides is 3. The van der Waals surface area contributed by atoms with Crippen LogP contribution in [0.15, 0.2) is 65.9 Å². The van der Waals surface area contributed by atoms with Gasteiger partial charge in [0, 0.05) is 5.56 Å². The largest absolute Gasteiger partial charge is 0.435 e. The molecule has 3 aromatic rings. The molecule has 0 aliphatic heterocycles. The van der Waals surface area contributed by atoms with Gasteiger partial charge in [0.15, 0.2) is 10.9 Å². The lowest BCUT2D eigenvalue weighted by molar-refractivity contribution is -0.137. The van der Waals surface area contributed by atoms with E-state index in [0.717, 1.165) is 12.1 Å². The van der Waals surface area contributed by atoms with Gasteiger partial charge in [-0.2, -0.15) is 13.2 Å². The average Bonchev–Trinajstić information content (AvgIpc) is 2.69. The van der Waals surface area contributed by atoms with Gasteiger partial charge < -0.3 is 10.5 Å². The second kappa shape index (κ2) is 8.30. The number of aliphatic imine (C=N–C) groups is 1. The normalized spacial score (nSPS) is 12.1. The number of benzene rings is 2. The van der Waals surface area contributed by atoms with Crippen molar-refractivity contribution in [2.24, 2.45) is 10.7 Å². The third-order valence-electron chi connectivity index (χ3n) is 3.64. The number of para-hydroxylation sites is 2. The van der Waals surface area contributed by atoms with Gasteiger partial charge in [0.05, 0.1) is 23.7 Å². The molecular weight excluding hydrogens is 389 g/mol. The first-order valence-corrected chi connectivity index (χ1v) is 9.24. The van der Waals surface area contributed by atoms with Crippen molar-refractivity contribution >= 4 is 22.6 Å². The Hall–Kier alpha value is -3.07. The maximum Gasteiger partial charge on any atom is 0.416 e. The smallest absolute Gasteiger partial charge is 0.416 e. The lowest BCUT2D eigenvalue weighted by Gasteiger charge is -2.10. The van der Waals surface area contributed by atoms with Gasteiger partial charge in [-0.1, -0.05) is 36.0 Å². The summed E-state index contributed by atoms with van der Waals surface area (Å²) in [6, 6.07) is 11.7. The average molecular weight is 404 g/mol. The summed E-state index contributed by atoms with van der Waals surface area (Å²) in [6.07, 6.45) is 0.274. The molecule has 0 bridgehead atoms. The van der Waals surface area contributed by atoms with Crippen molar-refractivity contribution in [3.63, 3.8) is 0 Å². The number of nitrogens with zero attached hydrogens (tertiary/aromatic N) is 3. The lowest BCUT2D eigenvalue weighted by atomic mass is 10.1. The van der Waals surface area contributed by atoms with E-state index in [2.05, 4.69) is 15.0 Å². The maximum absolute atomic E-state index is 12.7. The second-order valence-corrected chi connectivity index (χ2v) is 6.37. The van der Waals surface area contributed by atoms with Crippen molar-refractivity contribution in [1.29, 1.82) is 0 Å². The van der Waals surface area contributed by atoms with Crippen LogP contribution in [0.1, 0.15) is 5.56 Å². The van der Waals surface area contributed by atoms with E-state index in [1.165, 1.54) is 36.3 Å². The van der Waals surface area contributed by atoms with E-state index in [1.807, 2.05) is 0 Å². The summed E-state index contributed by atoms with van der Waals surface area (Å²) in [5, 5.41) is 0.376. The van der Waals surface area contributed by atoms with E-state index in [4.69, 9.17) is 10.5 Å². The zero-order valence-corrected chi connectivity index (χ0v) is 15.5. The summed E-state index contributed by atoms with van der Waals surface area (Å²) in [4.78, 5) is 12.6. The van der Waals surface area contributed by atoms with Gasteiger partial charge in [-0.15, -0.1) is 0 Å². The van der Waals surface area contributed by atoms with Crippen LogP contribution in [0.25, 0.3) is 11.3 Å². The Morgan fingerprint density at radius 2 is 1.79 bits per heavy atom. The van der Waals surface area contributed by atoms with E-state index in [0.29, 0.717) is 27.9 Å². The minimum atomic E-state index is -4.39. The van der Waals surface area contributed by atoms with Crippen molar-refractivity contribution in [2.75, 3.05) is 6.26 Å². The fourth-order valence-electron chi connectivity index (χ4n) is 2.28. The van der Waals surface area contributed by atoms with Gasteiger partial charge in [0.25, 0.3) is 0 Å². The molecule has 0 aliphatic carbocycles. The predicted octanol–water partition coefficient (Wildman–Crippen LogP) is 5.26. The minimum Gasteiger partial charge on any atom is -0.435 e. The van der Waals surface area contributed by atoms with Crippen molar-refractivity contribution in [3.05, 3.63) is 66.5 Å². The number of hydrogen-bond donors (Lipinski definition) is 1. The predicted molar refractivity (Wildman–Crippen MR) is 104 cm³/mol. The van der Waals surface area contributed by atoms with Crippen molar-refractivity contribution in [1.82, 2.24) is 9.97 Å². The molecule has 0 radical (unpaired) electrons. The topological polar surface area (TPSA) is 73.4 Å². The Labute approximate surface area is 163 Å². The number of rotatable bonds is 4. The van der Waals surface area contributed by atoms with Gasteiger partial charge in [-0.05, 0) is 30.5 Å². The Balaban J connectivity index is 1.87. The molecule has 2 N–H and O–H groups in total. The molecule has 0 unspecified atom stereocenters. The number of aromatic nitrogens is 2. The molecule has 0 atom stereocenters. The highest BCUT2D eigenvalue weighted by Crippen LogP contribution is 2.33. The number of ether oxygens (including phenoxy) is 1. The van der Waals surface area contributed by atoms with Crippen LogP contribution in [0.2, 0.25) is 0 Å². The molecule has 144 valence electrons. The number of thioether (sulfide) groups is 1. The van der Waals surface area contributed by atoms with Crippen molar-refractivity contribution < 1.29 is 17.9 Å². The van der Waals surface area contributed by atoms with Crippen LogP contribution in [-0.4, -0.2) is 21.4 Å². The van der Waals surface area contributed by atoms with E-state index < -0.39 is 11.7 Å². The van der Waals surface area contributed by atoms with Crippen molar-refractivity contribution in [3.8, 4) is 22.9 Å². The molecule has 0 spiro atoms. The van der Waals surface area contributed by atoms with Crippen LogP contribution in [-0.2, 0) is 6.18 Å². The Kier molecular flexibility index (Phi) is 5.84. The summed E-state index contributed by atoms with van der Waals surface area (Å²) >= 11 is 1.30.